The monoisotopic (exact) mass is 366 g/mol. The molecule has 7 heteroatoms. The SMILES string of the molecule is COc1nc2c(cc1C(=O)NCc1ccc3c(c1)n(C)c(=O)n3C)CCC2. The highest BCUT2D eigenvalue weighted by molar-refractivity contribution is 5.96. The Morgan fingerprint density at radius 2 is 1.96 bits per heavy atom. The third-order valence-electron chi connectivity index (χ3n) is 5.24. The zero-order chi connectivity index (χ0) is 19.1. The molecule has 0 aliphatic heterocycles. The van der Waals surface area contributed by atoms with Crippen molar-refractivity contribution in [1.29, 1.82) is 0 Å². The van der Waals surface area contributed by atoms with E-state index in [9.17, 15) is 9.59 Å². The molecule has 4 rings (SSSR count). The van der Waals surface area contributed by atoms with E-state index < -0.39 is 0 Å². The van der Waals surface area contributed by atoms with E-state index in [1.54, 1.807) is 23.2 Å². The Kier molecular flexibility index (Phi) is 4.22. The Labute approximate surface area is 156 Å². The van der Waals surface area contributed by atoms with Gasteiger partial charge in [-0.05, 0) is 48.6 Å². The highest BCUT2D eigenvalue weighted by Gasteiger charge is 2.21. The standard InChI is InChI=1S/C20H22N4O3/c1-23-16-8-7-12(9-17(16)24(2)20(23)26)11-21-18(25)14-10-13-5-4-6-15(13)22-19(14)27-3/h7-10H,4-6,11H2,1-3H3,(H,21,25). The van der Waals surface area contributed by atoms with E-state index in [1.807, 2.05) is 24.3 Å². The summed E-state index contributed by atoms with van der Waals surface area (Å²) in [5.41, 5.74) is 5.17. The number of pyridine rings is 1. The Hall–Kier alpha value is -3.09. The van der Waals surface area contributed by atoms with Crippen LogP contribution in [0.25, 0.3) is 11.0 Å². The molecule has 1 aromatic carbocycles. The largest absolute Gasteiger partial charge is 0.480 e. The molecule has 0 spiro atoms. The third-order valence-corrected chi connectivity index (χ3v) is 5.24. The summed E-state index contributed by atoms with van der Waals surface area (Å²) >= 11 is 0. The molecule has 0 unspecified atom stereocenters. The molecule has 140 valence electrons. The summed E-state index contributed by atoms with van der Waals surface area (Å²) in [6, 6.07) is 7.64. The fourth-order valence-corrected chi connectivity index (χ4v) is 3.71. The van der Waals surface area contributed by atoms with Gasteiger partial charge in [0.25, 0.3) is 5.91 Å². The molecular weight excluding hydrogens is 344 g/mol. The summed E-state index contributed by atoms with van der Waals surface area (Å²) in [5.74, 6) is 0.158. The summed E-state index contributed by atoms with van der Waals surface area (Å²) in [6.45, 7) is 0.359. The third kappa shape index (κ3) is 2.89. The highest BCUT2D eigenvalue weighted by Crippen LogP contribution is 2.26. The van der Waals surface area contributed by atoms with E-state index in [1.165, 1.54) is 7.11 Å². The normalized spacial score (nSPS) is 13.0. The van der Waals surface area contributed by atoms with Crippen molar-refractivity contribution in [2.45, 2.75) is 25.8 Å². The van der Waals surface area contributed by atoms with Gasteiger partial charge in [-0.3, -0.25) is 13.9 Å². The second kappa shape index (κ2) is 6.57. The lowest BCUT2D eigenvalue weighted by atomic mass is 10.1. The lowest BCUT2D eigenvalue weighted by molar-refractivity contribution is 0.0947. The number of fused-ring (bicyclic) bond motifs is 2. The molecule has 7 nitrogen and oxygen atoms in total. The van der Waals surface area contributed by atoms with Crippen LogP contribution in [0.3, 0.4) is 0 Å². The molecule has 0 saturated heterocycles. The first kappa shape index (κ1) is 17.3. The van der Waals surface area contributed by atoms with E-state index >= 15 is 0 Å². The average Bonchev–Trinajstić information content (AvgIpc) is 3.23. The van der Waals surface area contributed by atoms with Crippen LogP contribution in [0, 0.1) is 0 Å². The molecule has 1 N–H and O–H groups in total. The average molecular weight is 366 g/mol. The smallest absolute Gasteiger partial charge is 0.328 e. The second-order valence-electron chi connectivity index (χ2n) is 6.91. The fraction of sp³-hybridized carbons (Fsp3) is 0.350. The Morgan fingerprint density at radius 3 is 2.74 bits per heavy atom. The molecule has 27 heavy (non-hydrogen) atoms. The number of amides is 1. The number of nitrogens with one attached hydrogen (secondary N) is 1. The Balaban J connectivity index is 1.57. The van der Waals surface area contributed by atoms with Crippen LogP contribution in [0.2, 0.25) is 0 Å². The van der Waals surface area contributed by atoms with Crippen LogP contribution in [0.15, 0.2) is 29.1 Å². The maximum atomic E-state index is 12.7. The molecular formula is C20H22N4O3. The fourth-order valence-electron chi connectivity index (χ4n) is 3.71. The predicted molar refractivity (Wildman–Crippen MR) is 102 cm³/mol. The number of aryl methyl sites for hydroxylation is 4. The zero-order valence-corrected chi connectivity index (χ0v) is 15.7. The topological polar surface area (TPSA) is 78.2 Å². The molecule has 0 bridgehead atoms. The number of ether oxygens (including phenoxy) is 1. The maximum absolute atomic E-state index is 12.7. The molecule has 2 aromatic heterocycles. The van der Waals surface area contributed by atoms with E-state index in [4.69, 9.17) is 4.74 Å². The van der Waals surface area contributed by atoms with Crippen molar-refractivity contribution in [2.75, 3.05) is 7.11 Å². The van der Waals surface area contributed by atoms with Crippen LogP contribution in [-0.4, -0.2) is 27.1 Å². The van der Waals surface area contributed by atoms with E-state index in [2.05, 4.69) is 10.3 Å². The first-order valence-electron chi connectivity index (χ1n) is 8.99. The molecule has 1 amide bonds. The van der Waals surface area contributed by atoms with Crippen LogP contribution >= 0.6 is 0 Å². The van der Waals surface area contributed by atoms with Gasteiger partial charge in [0.15, 0.2) is 0 Å². The Morgan fingerprint density at radius 1 is 1.19 bits per heavy atom. The van der Waals surface area contributed by atoms with Crippen molar-refractivity contribution in [2.24, 2.45) is 14.1 Å². The van der Waals surface area contributed by atoms with Crippen LogP contribution in [0.4, 0.5) is 0 Å². The summed E-state index contributed by atoms with van der Waals surface area (Å²) < 4.78 is 8.54. The summed E-state index contributed by atoms with van der Waals surface area (Å²) in [7, 11) is 5.03. The number of methoxy groups -OCH3 is 1. The van der Waals surface area contributed by atoms with Gasteiger partial charge in [0, 0.05) is 26.3 Å². The molecule has 0 radical (unpaired) electrons. The molecule has 0 fully saturated rings. The van der Waals surface area contributed by atoms with Gasteiger partial charge >= 0.3 is 5.69 Å². The van der Waals surface area contributed by atoms with E-state index in [0.717, 1.165) is 47.1 Å². The maximum Gasteiger partial charge on any atom is 0.328 e. The number of nitrogens with zero attached hydrogens (tertiary/aromatic N) is 3. The van der Waals surface area contributed by atoms with Crippen molar-refractivity contribution >= 4 is 16.9 Å². The number of benzene rings is 1. The lowest BCUT2D eigenvalue weighted by Crippen LogP contribution is -2.24. The van der Waals surface area contributed by atoms with Crippen LogP contribution in [0.1, 0.15) is 33.6 Å². The second-order valence-corrected chi connectivity index (χ2v) is 6.91. The number of imidazole rings is 1. The summed E-state index contributed by atoms with van der Waals surface area (Å²) in [6.07, 6.45) is 2.95. The quantitative estimate of drug-likeness (QED) is 0.762. The number of hydrogen-bond donors (Lipinski definition) is 1. The molecule has 1 aliphatic carbocycles. The van der Waals surface area contributed by atoms with Crippen LogP contribution < -0.4 is 15.7 Å². The molecule has 1 aliphatic rings. The molecule has 3 aromatic rings. The minimum Gasteiger partial charge on any atom is -0.480 e. The number of carbonyl (C=O) groups is 1. The van der Waals surface area contributed by atoms with Gasteiger partial charge in [-0.1, -0.05) is 6.07 Å². The van der Waals surface area contributed by atoms with Crippen molar-refractivity contribution < 1.29 is 9.53 Å². The van der Waals surface area contributed by atoms with Crippen molar-refractivity contribution in [3.8, 4) is 5.88 Å². The highest BCUT2D eigenvalue weighted by atomic mass is 16.5. The molecule has 2 heterocycles. The van der Waals surface area contributed by atoms with Gasteiger partial charge in [-0.15, -0.1) is 0 Å². The van der Waals surface area contributed by atoms with Gasteiger partial charge < -0.3 is 10.1 Å². The van der Waals surface area contributed by atoms with Crippen LogP contribution in [0.5, 0.6) is 5.88 Å². The van der Waals surface area contributed by atoms with Gasteiger partial charge in [-0.2, -0.15) is 0 Å². The molecule has 0 saturated carbocycles. The van der Waals surface area contributed by atoms with Crippen molar-refractivity contribution in [3.63, 3.8) is 0 Å². The van der Waals surface area contributed by atoms with Crippen molar-refractivity contribution in [1.82, 2.24) is 19.4 Å². The number of rotatable bonds is 4. The predicted octanol–water partition coefficient (Wildman–Crippen LogP) is 1.70. The minimum absolute atomic E-state index is 0.0693. The van der Waals surface area contributed by atoms with Gasteiger partial charge in [-0.25, -0.2) is 9.78 Å². The molecule has 0 atom stereocenters. The Bertz CT molecular complexity index is 1110. The van der Waals surface area contributed by atoms with Gasteiger partial charge in [0.1, 0.15) is 5.56 Å². The summed E-state index contributed by atoms with van der Waals surface area (Å²) in [5, 5.41) is 2.93. The first-order chi connectivity index (χ1) is 13.0. The van der Waals surface area contributed by atoms with Gasteiger partial charge in [0.05, 0.1) is 18.1 Å². The number of carbonyl (C=O) groups excluding carboxylic acids is 1. The van der Waals surface area contributed by atoms with Crippen LogP contribution in [-0.2, 0) is 33.5 Å². The van der Waals surface area contributed by atoms with Gasteiger partial charge in [0.2, 0.25) is 5.88 Å². The number of hydrogen-bond acceptors (Lipinski definition) is 4. The minimum atomic E-state index is -0.212. The lowest BCUT2D eigenvalue weighted by Gasteiger charge is -2.11. The first-order valence-corrected chi connectivity index (χ1v) is 8.99. The van der Waals surface area contributed by atoms with E-state index in [0.29, 0.717) is 18.0 Å². The van der Waals surface area contributed by atoms with Crippen molar-refractivity contribution in [3.05, 3.63) is 57.1 Å². The zero-order valence-electron chi connectivity index (χ0n) is 15.7. The van der Waals surface area contributed by atoms with E-state index in [-0.39, 0.29) is 11.6 Å². The number of aromatic nitrogens is 3. The summed E-state index contributed by atoms with van der Waals surface area (Å²) in [4.78, 5) is 29.2.